The van der Waals surface area contributed by atoms with E-state index in [0.717, 1.165) is 25.2 Å². The SMILES string of the molecule is COCCCCSOC(C)=O. The van der Waals surface area contributed by atoms with Gasteiger partial charge in [-0.2, -0.15) is 0 Å². The molecule has 0 bridgehead atoms. The first kappa shape index (κ1) is 10.8. The molecule has 0 atom stereocenters. The van der Waals surface area contributed by atoms with E-state index in [1.807, 2.05) is 0 Å². The van der Waals surface area contributed by atoms with E-state index < -0.39 is 0 Å². The fraction of sp³-hybridized carbons (Fsp3) is 0.857. The van der Waals surface area contributed by atoms with Gasteiger partial charge in [0.25, 0.3) is 0 Å². The van der Waals surface area contributed by atoms with Gasteiger partial charge < -0.3 is 8.92 Å². The molecule has 0 aromatic rings. The fourth-order valence-electron chi connectivity index (χ4n) is 0.532. The van der Waals surface area contributed by atoms with Crippen LogP contribution in [0.3, 0.4) is 0 Å². The molecule has 66 valence electrons. The molecule has 0 N–H and O–H groups in total. The van der Waals surface area contributed by atoms with Crippen molar-refractivity contribution in [2.45, 2.75) is 19.8 Å². The molecule has 0 fully saturated rings. The van der Waals surface area contributed by atoms with Crippen molar-refractivity contribution in [1.82, 2.24) is 0 Å². The number of carbonyl (C=O) groups excluding carboxylic acids is 1. The number of ether oxygens (including phenoxy) is 1. The molecule has 0 saturated heterocycles. The van der Waals surface area contributed by atoms with Crippen molar-refractivity contribution >= 4 is 18.0 Å². The van der Waals surface area contributed by atoms with Crippen LogP contribution in [0.5, 0.6) is 0 Å². The van der Waals surface area contributed by atoms with Crippen molar-refractivity contribution in [3.8, 4) is 0 Å². The minimum Gasteiger partial charge on any atom is -0.392 e. The van der Waals surface area contributed by atoms with E-state index in [9.17, 15) is 4.79 Å². The normalized spacial score (nSPS) is 9.64. The third-order valence-corrected chi connectivity index (χ3v) is 1.81. The summed E-state index contributed by atoms with van der Waals surface area (Å²) < 4.78 is 9.51. The fourth-order valence-corrected chi connectivity index (χ4v) is 1.10. The number of methoxy groups -OCH3 is 1. The highest BCUT2D eigenvalue weighted by Gasteiger charge is 1.93. The van der Waals surface area contributed by atoms with Crippen LogP contribution in [0.15, 0.2) is 0 Å². The summed E-state index contributed by atoms with van der Waals surface area (Å²) in [5.74, 6) is 0.616. The van der Waals surface area contributed by atoms with Crippen LogP contribution in [0.25, 0.3) is 0 Å². The van der Waals surface area contributed by atoms with Crippen molar-refractivity contribution in [1.29, 1.82) is 0 Å². The Morgan fingerprint density at radius 1 is 1.45 bits per heavy atom. The Labute approximate surface area is 71.6 Å². The zero-order chi connectivity index (χ0) is 8.53. The molecule has 0 radical (unpaired) electrons. The van der Waals surface area contributed by atoms with Gasteiger partial charge in [0.1, 0.15) is 0 Å². The standard InChI is InChI=1S/C7H14O3S/c1-7(8)10-11-6-4-3-5-9-2/h3-6H2,1-2H3. The first-order valence-electron chi connectivity index (χ1n) is 3.56. The van der Waals surface area contributed by atoms with Gasteiger partial charge in [0, 0.05) is 26.4 Å². The molecule has 0 aromatic heterocycles. The van der Waals surface area contributed by atoms with Crippen LogP contribution >= 0.6 is 12.0 Å². The highest BCUT2D eigenvalue weighted by Crippen LogP contribution is 2.05. The van der Waals surface area contributed by atoms with Gasteiger partial charge in [-0.3, -0.25) is 4.79 Å². The van der Waals surface area contributed by atoms with Crippen LogP contribution in [0, 0.1) is 0 Å². The van der Waals surface area contributed by atoms with Crippen LogP contribution in [-0.4, -0.2) is 25.4 Å². The Kier molecular flexibility index (Phi) is 7.72. The Bertz CT molecular complexity index is 106. The maximum Gasteiger partial charge on any atom is 0.314 e. The maximum atomic E-state index is 10.3. The maximum absolute atomic E-state index is 10.3. The highest BCUT2D eigenvalue weighted by atomic mass is 32.2. The monoisotopic (exact) mass is 178 g/mol. The second kappa shape index (κ2) is 7.88. The summed E-state index contributed by atoms with van der Waals surface area (Å²) in [6.07, 6.45) is 2.04. The summed E-state index contributed by atoms with van der Waals surface area (Å²) >= 11 is 1.21. The van der Waals surface area contributed by atoms with Gasteiger partial charge in [-0.1, -0.05) is 0 Å². The largest absolute Gasteiger partial charge is 0.392 e. The van der Waals surface area contributed by atoms with Gasteiger partial charge in [-0.25, -0.2) is 0 Å². The number of hydrogen-bond acceptors (Lipinski definition) is 4. The highest BCUT2D eigenvalue weighted by molar-refractivity contribution is 7.95. The second-order valence-corrected chi connectivity index (χ2v) is 2.91. The van der Waals surface area contributed by atoms with Gasteiger partial charge in [0.2, 0.25) is 0 Å². The van der Waals surface area contributed by atoms with E-state index >= 15 is 0 Å². The van der Waals surface area contributed by atoms with Gasteiger partial charge in [-0.15, -0.1) is 0 Å². The number of hydrogen-bond donors (Lipinski definition) is 0. The minimum atomic E-state index is -0.234. The van der Waals surface area contributed by atoms with Crippen molar-refractivity contribution < 1.29 is 13.7 Å². The van der Waals surface area contributed by atoms with Crippen LogP contribution in [-0.2, 0) is 13.7 Å². The topological polar surface area (TPSA) is 35.5 Å². The molecule has 4 heteroatoms. The molecule has 3 nitrogen and oxygen atoms in total. The average Bonchev–Trinajstić information content (AvgIpc) is 1.96. The third-order valence-electron chi connectivity index (χ3n) is 1.00. The molecule has 0 aliphatic heterocycles. The van der Waals surface area contributed by atoms with E-state index in [-0.39, 0.29) is 5.97 Å². The Hall–Kier alpha value is -0.220. The Balaban J connectivity index is 2.85. The molecule has 11 heavy (non-hydrogen) atoms. The number of unbranched alkanes of at least 4 members (excludes halogenated alkanes) is 1. The predicted molar refractivity (Wildman–Crippen MR) is 45.3 cm³/mol. The van der Waals surface area contributed by atoms with Crippen LogP contribution in [0.1, 0.15) is 19.8 Å². The van der Waals surface area contributed by atoms with Gasteiger partial charge >= 0.3 is 5.97 Å². The van der Waals surface area contributed by atoms with E-state index in [1.54, 1.807) is 7.11 Å². The smallest absolute Gasteiger partial charge is 0.314 e. The summed E-state index contributed by atoms with van der Waals surface area (Å²) in [6.45, 7) is 2.18. The van der Waals surface area contributed by atoms with E-state index in [4.69, 9.17) is 4.74 Å². The van der Waals surface area contributed by atoms with E-state index in [2.05, 4.69) is 4.18 Å². The molecule has 0 aliphatic rings. The molecule has 0 rings (SSSR count). The van der Waals surface area contributed by atoms with E-state index in [1.165, 1.54) is 19.0 Å². The molecule has 0 unspecified atom stereocenters. The summed E-state index contributed by atoms with van der Waals surface area (Å²) in [6, 6.07) is 0. The molecular formula is C7H14O3S. The minimum absolute atomic E-state index is 0.234. The second-order valence-electron chi connectivity index (χ2n) is 2.10. The van der Waals surface area contributed by atoms with E-state index in [0.29, 0.717) is 0 Å². The predicted octanol–water partition coefficient (Wildman–Crippen LogP) is 1.62. The lowest BCUT2D eigenvalue weighted by Gasteiger charge is -1.98. The van der Waals surface area contributed by atoms with Gasteiger partial charge in [-0.05, 0) is 12.8 Å². The molecule has 0 aromatic carbocycles. The molecule has 0 aliphatic carbocycles. The number of carbonyl (C=O) groups is 1. The van der Waals surface area contributed by atoms with Crippen LogP contribution in [0.4, 0.5) is 0 Å². The van der Waals surface area contributed by atoms with Crippen molar-refractivity contribution in [3.63, 3.8) is 0 Å². The van der Waals surface area contributed by atoms with Crippen molar-refractivity contribution in [2.24, 2.45) is 0 Å². The molecule has 0 saturated carbocycles. The Morgan fingerprint density at radius 2 is 2.18 bits per heavy atom. The van der Waals surface area contributed by atoms with Crippen molar-refractivity contribution in [3.05, 3.63) is 0 Å². The van der Waals surface area contributed by atoms with Crippen LogP contribution in [0.2, 0.25) is 0 Å². The molecule has 0 amide bonds. The van der Waals surface area contributed by atoms with Crippen molar-refractivity contribution in [2.75, 3.05) is 19.5 Å². The zero-order valence-corrected chi connectivity index (χ0v) is 7.78. The zero-order valence-electron chi connectivity index (χ0n) is 6.96. The molecular weight excluding hydrogens is 164 g/mol. The summed E-state index contributed by atoms with van der Waals surface area (Å²) in [5.41, 5.74) is 0. The first-order valence-corrected chi connectivity index (χ1v) is 4.47. The summed E-state index contributed by atoms with van der Waals surface area (Å²) in [7, 11) is 1.68. The third kappa shape index (κ3) is 9.78. The molecule has 0 heterocycles. The lowest BCUT2D eigenvalue weighted by molar-refractivity contribution is -0.130. The summed E-state index contributed by atoms with van der Waals surface area (Å²) in [5, 5.41) is 0. The lowest BCUT2D eigenvalue weighted by atomic mass is 10.4. The summed E-state index contributed by atoms with van der Waals surface area (Å²) in [4.78, 5) is 10.3. The number of rotatable bonds is 6. The lowest BCUT2D eigenvalue weighted by Crippen LogP contribution is -1.93. The average molecular weight is 178 g/mol. The van der Waals surface area contributed by atoms with Gasteiger partial charge in [0.05, 0.1) is 12.0 Å². The van der Waals surface area contributed by atoms with Crippen LogP contribution < -0.4 is 0 Å². The molecule has 0 spiro atoms. The first-order chi connectivity index (χ1) is 5.27. The quantitative estimate of drug-likeness (QED) is 0.457. The van der Waals surface area contributed by atoms with Gasteiger partial charge in [0.15, 0.2) is 0 Å². The Morgan fingerprint density at radius 3 is 2.73 bits per heavy atom.